The Morgan fingerprint density at radius 3 is 2.40 bits per heavy atom. The van der Waals surface area contributed by atoms with E-state index >= 15 is 0 Å². The lowest BCUT2D eigenvalue weighted by Crippen LogP contribution is -2.47. The lowest BCUT2D eigenvalue weighted by molar-refractivity contribution is -0.137. The monoisotopic (exact) mass is 480 g/mol. The Labute approximate surface area is 210 Å². The fourth-order valence-corrected chi connectivity index (χ4v) is 4.55. The maximum absolute atomic E-state index is 13.4. The summed E-state index contributed by atoms with van der Waals surface area (Å²) in [6.45, 7) is 8.75. The average Bonchev–Trinajstić information content (AvgIpc) is 2.87. The van der Waals surface area contributed by atoms with Crippen LogP contribution in [0.3, 0.4) is 0 Å². The number of rotatable bonds is 6. The first kappa shape index (κ1) is 26.6. The van der Waals surface area contributed by atoms with Crippen LogP contribution >= 0.6 is 0 Å². The molecule has 6 heteroatoms. The van der Waals surface area contributed by atoms with E-state index in [1.165, 1.54) is 0 Å². The maximum Gasteiger partial charge on any atom is 0.260 e. The minimum atomic E-state index is -0.102. The molecule has 1 heterocycles. The van der Waals surface area contributed by atoms with Gasteiger partial charge in [0.2, 0.25) is 0 Å². The molecule has 35 heavy (non-hydrogen) atoms. The molecular formula is C29H40N2O4. The van der Waals surface area contributed by atoms with Crippen molar-refractivity contribution in [1.29, 1.82) is 0 Å². The fourth-order valence-electron chi connectivity index (χ4n) is 4.55. The molecule has 0 spiro atoms. The van der Waals surface area contributed by atoms with Crippen LogP contribution in [0, 0.1) is 5.92 Å². The molecule has 0 bridgehead atoms. The van der Waals surface area contributed by atoms with Crippen LogP contribution in [0.5, 0.6) is 11.5 Å². The lowest BCUT2D eigenvalue weighted by Gasteiger charge is -2.33. The summed E-state index contributed by atoms with van der Waals surface area (Å²) in [5.41, 5.74) is 0.583. The Morgan fingerprint density at radius 1 is 1.00 bits per heavy atom. The van der Waals surface area contributed by atoms with Crippen LogP contribution < -0.4 is 9.47 Å². The van der Waals surface area contributed by atoms with E-state index in [1.54, 1.807) is 0 Å². The molecule has 0 N–H and O–H groups in total. The summed E-state index contributed by atoms with van der Waals surface area (Å²) in [6, 6.07) is 16.8. The van der Waals surface area contributed by atoms with Crippen molar-refractivity contribution in [3.05, 3.63) is 60.2 Å². The number of carbonyl (C=O) groups is 2. The first-order valence-corrected chi connectivity index (χ1v) is 13.0. The Kier molecular flexibility index (Phi) is 10.5. The third kappa shape index (κ3) is 8.01. The summed E-state index contributed by atoms with van der Waals surface area (Å²) in [4.78, 5) is 30.5. The predicted octanol–water partition coefficient (Wildman–Crippen LogP) is 5.42. The molecule has 1 atom stereocenters. The molecule has 0 saturated heterocycles. The van der Waals surface area contributed by atoms with Gasteiger partial charge in [-0.05, 0) is 56.4 Å². The van der Waals surface area contributed by atoms with E-state index in [-0.39, 0.29) is 24.5 Å². The van der Waals surface area contributed by atoms with Crippen LogP contribution in [0.2, 0.25) is 0 Å². The van der Waals surface area contributed by atoms with Crippen LogP contribution in [-0.2, 0) is 4.79 Å². The van der Waals surface area contributed by atoms with Crippen LogP contribution in [0.1, 0.15) is 63.2 Å². The highest BCUT2D eigenvalue weighted by molar-refractivity contribution is 5.96. The van der Waals surface area contributed by atoms with Crippen molar-refractivity contribution in [2.45, 2.75) is 58.9 Å². The number of hydrogen-bond donors (Lipinski definition) is 0. The molecule has 0 fully saturated rings. The minimum absolute atomic E-state index is 0.000852. The van der Waals surface area contributed by atoms with Crippen molar-refractivity contribution >= 4 is 11.8 Å². The molecule has 2 aromatic rings. The molecular weight excluding hydrogens is 440 g/mol. The number of ether oxygens (including phenoxy) is 2. The molecule has 190 valence electrons. The Hall–Kier alpha value is -3.02. The summed E-state index contributed by atoms with van der Waals surface area (Å²) < 4.78 is 12.1. The zero-order valence-electron chi connectivity index (χ0n) is 21.4. The molecule has 3 rings (SSSR count). The smallest absolute Gasteiger partial charge is 0.260 e. The van der Waals surface area contributed by atoms with Gasteiger partial charge in [-0.15, -0.1) is 0 Å². The van der Waals surface area contributed by atoms with E-state index in [2.05, 4.69) is 13.8 Å². The van der Waals surface area contributed by atoms with Gasteiger partial charge in [-0.3, -0.25) is 9.59 Å². The molecule has 0 aliphatic carbocycles. The average molecular weight is 481 g/mol. The summed E-state index contributed by atoms with van der Waals surface area (Å²) >= 11 is 0. The van der Waals surface area contributed by atoms with Gasteiger partial charge in [0.15, 0.2) is 6.61 Å². The summed E-state index contributed by atoms with van der Waals surface area (Å²) in [6.07, 6.45) is 4.72. The first-order valence-electron chi connectivity index (χ1n) is 13.0. The van der Waals surface area contributed by atoms with Gasteiger partial charge < -0.3 is 19.3 Å². The second kappa shape index (κ2) is 13.8. The van der Waals surface area contributed by atoms with Crippen molar-refractivity contribution in [3.63, 3.8) is 0 Å². The quantitative estimate of drug-likeness (QED) is 0.554. The number of hydrogen-bond acceptors (Lipinski definition) is 4. The topological polar surface area (TPSA) is 59.1 Å². The molecule has 6 nitrogen and oxygen atoms in total. The third-order valence-electron chi connectivity index (χ3n) is 6.40. The van der Waals surface area contributed by atoms with E-state index in [0.717, 1.165) is 38.6 Å². The van der Waals surface area contributed by atoms with E-state index in [1.807, 2.05) is 71.3 Å². The maximum atomic E-state index is 13.4. The van der Waals surface area contributed by atoms with Gasteiger partial charge in [-0.2, -0.15) is 0 Å². The van der Waals surface area contributed by atoms with Crippen molar-refractivity contribution in [3.8, 4) is 11.5 Å². The van der Waals surface area contributed by atoms with Gasteiger partial charge in [-0.25, -0.2) is 0 Å². The number of amides is 2. The highest BCUT2D eigenvalue weighted by Gasteiger charge is 2.27. The molecule has 1 aliphatic rings. The standard InChI is InChI=1S/C29H40N2O4/c1-4-30-18-12-5-6-13-19-31(28(32)22-34-25-14-8-7-9-15-25)24(20-23(2)3)21-35-27-17-11-10-16-26(27)29(30)33/h7-11,14-17,23-24H,4-6,12-13,18-22H2,1-3H3/t24-/m0/s1. The van der Waals surface area contributed by atoms with Crippen molar-refractivity contribution < 1.29 is 19.1 Å². The zero-order valence-corrected chi connectivity index (χ0v) is 21.4. The molecule has 0 aromatic heterocycles. The van der Waals surface area contributed by atoms with Crippen LogP contribution in [-0.4, -0.2) is 60.5 Å². The number of nitrogens with zero attached hydrogens (tertiary/aromatic N) is 2. The van der Waals surface area contributed by atoms with Crippen LogP contribution in [0.4, 0.5) is 0 Å². The molecule has 1 aliphatic heterocycles. The van der Waals surface area contributed by atoms with Crippen LogP contribution in [0.25, 0.3) is 0 Å². The normalized spacial score (nSPS) is 17.9. The largest absolute Gasteiger partial charge is 0.491 e. The van der Waals surface area contributed by atoms with Gasteiger partial charge in [-0.1, -0.05) is 57.0 Å². The highest BCUT2D eigenvalue weighted by Crippen LogP contribution is 2.23. The number of fused-ring (bicyclic) bond motifs is 1. The van der Waals surface area contributed by atoms with E-state index in [4.69, 9.17) is 9.47 Å². The van der Waals surface area contributed by atoms with Gasteiger partial charge in [0.1, 0.15) is 18.1 Å². The zero-order chi connectivity index (χ0) is 25.0. The Morgan fingerprint density at radius 2 is 1.69 bits per heavy atom. The molecule has 2 amide bonds. The summed E-state index contributed by atoms with van der Waals surface area (Å²) in [5.74, 6) is 1.63. The molecule has 2 aromatic carbocycles. The SMILES string of the molecule is CCN1CCCCCCN(C(=O)COc2ccccc2)[C@@H](CC(C)C)COc2ccccc2C1=O. The minimum Gasteiger partial charge on any atom is -0.491 e. The number of para-hydroxylation sites is 2. The summed E-state index contributed by atoms with van der Waals surface area (Å²) in [7, 11) is 0. The highest BCUT2D eigenvalue weighted by atomic mass is 16.5. The number of carbonyl (C=O) groups excluding carboxylic acids is 2. The van der Waals surface area contributed by atoms with Crippen LogP contribution in [0.15, 0.2) is 54.6 Å². The second-order valence-corrected chi connectivity index (χ2v) is 9.58. The van der Waals surface area contributed by atoms with Gasteiger partial charge in [0, 0.05) is 19.6 Å². The third-order valence-corrected chi connectivity index (χ3v) is 6.40. The Balaban J connectivity index is 1.82. The second-order valence-electron chi connectivity index (χ2n) is 9.58. The molecule has 0 saturated carbocycles. The summed E-state index contributed by atoms with van der Waals surface area (Å²) in [5, 5.41) is 0. The number of benzene rings is 2. The predicted molar refractivity (Wildman–Crippen MR) is 139 cm³/mol. The van der Waals surface area contributed by atoms with E-state index < -0.39 is 0 Å². The van der Waals surface area contributed by atoms with Gasteiger partial charge >= 0.3 is 0 Å². The lowest BCUT2D eigenvalue weighted by atomic mass is 10.0. The molecule has 0 unspecified atom stereocenters. The van der Waals surface area contributed by atoms with Crippen molar-refractivity contribution in [2.24, 2.45) is 5.92 Å². The van der Waals surface area contributed by atoms with E-state index in [9.17, 15) is 9.59 Å². The molecule has 0 radical (unpaired) electrons. The Bertz CT molecular complexity index is 931. The van der Waals surface area contributed by atoms with E-state index in [0.29, 0.717) is 42.7 Å². The van der Waals surface area contributed by atoms with Gasteiger partial charge in [0.05, 0.1) is 11.6 Å². The van der Waals surface area contributed by atoms with Crippen molar-refractivity contribution in [1.82, 2.24) is 9.80 Å². The van der Waals surface area contributed by atoms with Crippen molar-refractivity contribution in [2.75, 3.05) is 32.8 Å². The van der Waals surface area contributed by atoms with Gasteiger partial charge in [0.25, 0.3) is 11.8 Å². The fraction of sp³-hybridized carbons (Fsp3) is 0.517. The first-order chi connectivity index (χ1) is 17.0.